The van der Waals surface area contributed by atoms with Crippen LogP contribution < -0.4 is 15.4 Å². The van der Waals surface area contributed by atoms with E-state index in [2.05, 4.69) is 15.6 Å². The predicted octanol–water partition coefficient (Wildman–Crippen LogP) is 1.02. The molecule has 1 fully saturated rings. The molecule has 5 heteroatoms. The summed E-state index contributed by atoms with van der Waals surface area (Å²) >= 11 is 0. The Bertz CT molecular complexity index is 402. The molecule has 1 heterocycles. The second-order valence-electron chi connectivity index (χ2n) is 3.71. The zero-order chi connectivity index (χ0) is 11.5. The summed E-state index contributed by atoms with van der Waals surface area (Å²) in [4.78, 5) is 15.4. The minimum Gasteiger partial charge on any atom is -0.487 e. The maximum Gasteiger partial charge on any atom is 0.269 e. The van der Waals surface area contributed by atoms with Crippen molar-refractivity contribution in [2.75, 3.05) is 19.4 Å². The highest BCUT2D eigenvalue weighted by Gasteiger charge is 2.25. The van der Waals surface area contributed by atoms with Gasteiger partial charge in [0.15, 0.2) is 5.75 Å². The van der Waals surface area contributed by atoms with Gasteiger partial charge in [-0.15, -0.1) is 0 Å². The first kappa shape index (κ1) is 10.7. The number of nitrogens with zero attached hydrogens (tertiary/aromatic N) is 1. The lowest BCUT2D eigenvalue weighted by Crippen LogP contribution is -2.19. The van der Waals surface area contributed by atoms with Gasteiger partial charge in [0.25, 0.3) is 5.91 Å². The Hall–Kier alpha value is -1.78. The Labute approximate surface area is 94.2 Å². The van der Waals surface area contributed by atoms with E-state index in [1.54, 1.807) is 26.4 Å². The summed E-state index contributed by atoms with van der Waals surface area (Å²) in [7, 11) is 3.38. The summed E-state index contributed by atoms with van der Waals surface area (Å²) in [6.45, 7) is 0. The van der Waals surface area contributed by atoms with E-state index in [4.69, 9.17) is 4.74 Å². The lowest BCUT2D eigenvalue weighted by molar-refractivity contribution is 0.0958. The van der Waals surface area contributed by atoms with Crippen LogP contribution in [0.2, 0.25) is 0 Å². The van der Waals surface area contributed by atoms with Gasteiger partial charge in [-0.3, -0.25) is 4.79 Å². The van der Waals surface area contributed by atoms with E-state index >= 15 is 0 Å². The minimum atomic E-state index is -0.200. The fourth-order valence-electron chi connectivity index (χ4n) is 1.35. The number of pyridine rings is 1. The van der Waals surface area contributed by atoms with Crippen LogP contribution in [0.5, 0.6) is 5.75 Å². The van der Waals surface area contributed by atoms with Gasteiger partial charge in [0.05, 0.1) is 18.0 Å². The average Bonchev–Trinajstić information content (AvgIpc) is 3.12. The molecule has 1 amide bonds. The zero-order valence-electron chi connectivity index (χ0n) is 9.41. The summed E-state index contributed by atoms with van der Waals surface area (Å²) in [5, 5.41) is 5.54. The van der Waals surface area contributed by atoms with Gasteiger partial charge >= 0.3 is 0 Å². The molecule has 1 aliphatic rings. The van der Waals surface area contributed by atoms with E-state index in [0.29, 0.717) is 17.5 Å². The van der Waals surface area contributed by atoms with E-state index < -0.39 is 0 Å². The van der Waals surface area contributed by atoms with Crippen molar-refractivity contribution in [3.05, 3.63) is 18.0 Å². The molecule has 0 saturated heterocycles. The first-order valence-corrected chi connectivity index (χ1v) is 5.31. The summed E-state index contributed by atoms with van der Waals surface area (Å²) in [5.41, 5.74) is 1.18. The van der Waals surface area contributed by atoms with Crippen LogP contribution in [0.15, 0.2) is 12.3 Å². The molecular weight excluding hydrogens is 206 g/mol. The molecule has 1 aromatic rings. The third kappa shape index (κ3) is 2.24. The Morgan fingerprint density at radius 2 is 2.25 bits per heavy atom. The molecule has 1 aromatic heterocycles. The first-order chi connectivity index (χ1) is 7.74. The number of rotatable bonds is 4. The Morgan fingerprint density at radius 1 is 1.50 bits per heavy atom. The highest BCUT2D eigenvalue weighted by molar-refractivity contribution is 5.93. The second kappa shape index (κ2) is 4.38. The van der Waals surface area contributed by atoms with E-state index in [9.17, 15) is 4.79 Å². The van der Waals surface area contributed by atoms with Crippen molar-refractivity contribution in [2.45, 2.75) is 18.9 Å². The standard InChI is InChI=1S/C11H15N3O2/c1-12-8-5-9(11(15)13-2)14-6-10(8)16-7-3-4-7/h5-7H,3-4H2,1-2H3,(H,12,14)(H,13,15). The number of nitrogens with one attached hydrogen (secondary N) is 2. The topological polar surface area (TPSA) is 63.2 Å². The molecule has 16 heavy (non-hydrogen) atoms. The van der Waals surface area contributed by atoms with Crippen LogP contribution >= 0.6 is 0 Å². The molecule has 0 aromatic carbocycles. The number of hydrogen-bond acceptors (Lipinski definition) is 4. The lowest BCUT2D eigenvalue weighted by atomic mass is 10.3. The molecule has 0 radical (unpaired) electrons. The molecule has 0 aliphatic heterocycles. The fraction of sp³-hybridized carbons (Fsp3) is 0.455. The van der Waals surface area contributed by atoms with Gasteiger partial charge in [0.2, 0.25) is 0 Å². The Morgan fingerprint density at radius 3 is 2.81 bits per heavy atom. The summed E-state index contributed by atoms with van der Waals surface area (Å²) < 4.78 is 5.66. The molecule has 5 nitrogen and oxygen atoms in total. The molecule has 2 rings (SSSR count). The number of carbonyl (C=O) groups is 1. The van der Waals surface area contributed by atoms with Crippen molar-refractivity contribution < 1.29 is 9.53 Å². The van der Waals surface area contributed by atoms with Crippen molar-refractivity contribution in [3.63, 3.8) is 0 Å². The molecule has 0 atom stereocenters. The van der Waals surface area contributed by atoms with Gasteiger partial charge < -0.3 is 15.4 Å². The van der Waals surface area contributed by atoms with E-state index in [1.165, 1.54) is 0 Å². The highest BCUT2D eigenvalue weighted by atomic mass is 16.5. The highest BCUT2D eigenvalue weighted by Crippen LogP contribution is 2.31. The van der Waals surface area contributed by atoms with E-state index in [0.717, 1.165) is 18.5 Å². The molecule has 0 spiro atoms. The third-order valence-corrected chi connectivity index (χ3v) is 2.41. The van der Waals surface area contributed by atoms with Crippen molar-refractivity contribution in [3.8, 4) is 5.75 Å². The lowest BCUT2D eigenvalue weighted by Gasteiger charge is -2.11. The first-order valence-electron chi connectivity index (χ1n) is 5.31. The fourth-order valence-corrected chi connectivity index (χ4v) is 1.35. The Balaban J connectivity index is 2.22. The number of ether oxygens (including phenoxy) is 1. The summed E-state index contributed by atoms with van der Waals surface area (Å²) in [5.74, 6) is 0.507. The molecule has 0 bridgehead atoms. The quantitative estimate of drug-likeness (QED) is 0.797. The van der Waals surface area contributed by atoms with E-state index in [1.807, 2.05) is 0 Å². The molecule has 2 N–H and O–H groups in total. The van der Waals surface area contributed by atoms with Gasteiger partial charge in [-0.25, -0.2) is 4.98 Å². The normalized spacial score (nSPS) is 14.4. The average molecular weight is 221 g/mol. The summed E-state index contributed by atoms with van der Waals surface area (Å²) in [6, 6.07) is 1.69. The smallest absolute Gasteiger partial charge is 0.269 e. The number of amides is 1. The Kier molecular flexibility index (Phi) is 2.94. The van der Waals surface area contributed by atoms with Gasteiger partial charge in [0, 0.05) is 14.1 Å². The van der Waals surface area contributed by atoms with Crippen LogP contribution in [0.1, 0.15) is 23.3 Å². The number of hydrogen-bond donors (Lipinski definition) is 2. The summed E-state index contributed by atoms with van der Waals surface area (Å²) in [6.07, 6.45) is 4.11. The van der Waals surface area contributed by atoms with Crippen molar-refractivity contribution >= 4 is 11.6 Å². The zero-order valence-corrected chi connectivity index (χ0v) is 9.41. The van der Waals surface area contributed by atoms with Crippen LogP contribution in [0.25, 0.3) is 0 Å². The van der Waals surface area contributed by atoms with Gasteiger partial charge in [-0.05, 0) is 18.9 Å². The van der Waals surface area contributed by atoms with Gasteiger partial charge in [-0.1, -0.05) is 0 Å². The largest absolute Gasteiger partial charge is 0.487 e. The van der Waals surface area contributed by atoms with Crippen LogP contribution in [0, 0.1) is 0 Å². The molecule has 0 unspecified atom stereocenters. The molecular formula is C11H15N3O2. The van der Waals surface area contributed by atoms with Gasteiger partial charge in [-0.2, -0.15) is 0 Å². The number of aromatic nitrogens is 1. The maximum atomic E-state index is 11.4. The minimum absolute atomic E-state index is 0.200. The number of anilines is 1. The SMILES string of the molecule is CNC(=O)c1cc(NC)c(OC2CC2)cn1. The second-order valence-corrected chi connectivity index (χ2v) is 3.71. The van der Waals surface area contributed by atoms with Crippen LogP contribution in [-0.2, 0) is 0 Å². The third-order valence-electron chi connectivity index (χ3n) is 2.41. The van der Waals surface area contributed by atoms with Gasteiger partial charge in [0.1, 0.15) is 5.69 Å². The van der Waals surface area contributed by atoms with Crippen molar-refractivity contribution in [1.82, 2.24) is 10.3 Å². The predicted molar refractivity (Wildman–Crippen MR) is 60.8 cm³/mol. The maximum absolute atomic E-state index is 11.4. The molecule has 1 aliphatic carbocycles. The van der Waals surface area contributed by atoms with E-state index in [-0.39, 0.29) is 5.91 Å². The van der Waals surface area contributed by atoms with Crippen molar-refractivity contribution in [2.24, 2.45) is 0 Å². The molecule has 86 valence electrons. The molecule has 1 saturated carbocycles. The van der Waals surface area contributed by atoms with Crippen LogP contribution in [-0.4, -0.2) is 31.1 Å². The monoisotopic (exact) mass is 221 g/mol. The van der Waals surface area contributed by atoms with Crippen LogP contribution in [0.3, 0.4) is 0 Å². The number of carbonyl (C=O) groups excluding carboxylic acids is 1. The van der Waals surface area contributed by atoms with Crippen LogP contribution in [0.4, 0.5) is 5.69 Å². The van der Waals surface area contributed by atoms with Crippen molar-refractivity contribution in [1.29, 1.82) is 0 Å².